The lowest BCUT2D eigenvalue weighted by Gasteiger charge is -2.07. The summed E-state index contributed by atoms with van der Waals surface area (Å²) in [7, 11) is 0. The first-order chi connectivity index (χ1) is 9.88. The van der Waals surface area contributed by atoms with E-state index in [1.807, 2.05) is 13.0 Å². The molecule has 2 aromatic rings. The molecule has 5 nitrogen and oxygen atoms in total. The number of nitrogens with zero attached hydrogens (tertiary/aromatic N) is 1. The zero-order valence-corrected chi connectivity index (χ0v) is 12.5. The van der Waals surface area contributed by atoms with Crippen molar-refractivity contribution >= 4 is 33.2 Å². The molecule has 0 aliphatic heterocycles. The molecule has 2 aromatic carbocycles. The molecule has 0 aromatic heterocycles. The van der Waals surface area contributed by atoms with Crippen molar-refractivity contribution in [1.29, 1.82) is 0 Å². The maximum Gasteiger partial charge on any atom is 0.304 e. The van der Waals surface area contributed by atoms with Gasteiger partial charge in [0.2, 0.25) is 5.82 Å². The van der Waals surface area contributed by atoms with Gasteiger partial charge in [0, 0.05) is 21.8 Å². The number of aryl methyl sites for hydroxylation is 1. The Bertz CT molecular complexity index is 734. The number of halogens is 2. The number of nitro benzene ring substituents is 1. The number of hydrogen-bond donors (Lipinski definition) is 1. The third-order valence-corrected chi connectivity index (χ3v) is 3.69. The highest BCUT2D eigenvalue weighted by atomic mass is 79.9. The van der Waals surface area contributed by atoms with Crippen molar-refractivity contribution in [3.05, 3.63) is 67.9 Å². The Hall–Kier alpha value is -2.28. The Morgan fingerprint density at radius 2 is 2.00 bits per heavy atom. The summed E-state index contributed by atoms with van der Waals surface area (Å²) in [6.07, 6.45) is 0. The van der Waals surface area contributed by atoms with Gasteiger partial charge in [0.1, 0.15) is 0 Å². The first-order valence-electron chi connectivity index (χ1n) is 5.90. The van der Waals surface area contributed by atoms with E-state index in [9.17, 15) is 19.3 Å². The highest BCUT2D eigenvalue weighted by Crippen LogP contribution is 2.22. The number of carbonyl (C=O) groups is 1. The van der Waals surface area contributed by atoms with Crippen LogP contribution < -0.4 is 5.32 Å². The Labute approximate surface area is 128 Å². The number of benzene rings is 2. The molecule has 0 heterocycles. The van der Waals surface area contributed by atoms with E-state index in [1.165, 1.54) is 6.07 Å². The molecule has 0 aliphatic rings. The van der Waals surface area contributed by atoms with Gasteiger partial charge in [-0.15, -0.1) is 0 Å². The summed E-state index contributed by atoms with van der Waals surface area (Å²) in [5, 5.41) is 13.1. The van der Waals surface area contributed by atoms with Gasteiger partial charge in [-0.1, -0.05) is 22.0 Å². The number of amides is 1. The number of carbonyl (C=O) groups excluding carboxylic acids is 1. The van der Waals surface area contributed by atoms with E-state index in [0.29, 0.717) is 5.69 Å². The fraction of sp³-hybridized carbons (Fsp3) is 0.0714. The number of nitro groups is 1. The predicted octanol–water partition coefficient (Wildman–Crippen LogP) is 4.06. The van der Waals surface area contributed by atoms with E-state index < -0.39 is 22.3 Å². The van der Waals surface area contributed by atoms with Crippen LogP contribution in [0.5, 0.6) is 0 Å². The lowest BCUT2D eigenvalue weighted by molar-refractivity contribution is -0.387. The van der Waals surface area contributed by atoms with Gasteiger partial charge < -0.3 is 5.32 Å². The summed E-state index contributed by atoms with van der Waals surface area (Å²) in [4.78, 5) is 21.7. The van der Waals surface area contributed by atoms with Gasteiger partial charge in [0.25, 0.3) is 5.91 Å². The van der Waals surface area contributed by atoms with E-state index in [1.54, 1.807) is 12.1 Å². The molecule has 7 heteroatoms. The third-order valence-electron chi connectivity index (χ3n) is 2.84. The summed E-state index contributed by atoms with van der Waals surface area (Å²) in [6.45, 7) is 1.90. The smallest absolute Gasteiger partial charge is 0.304 e. The summed E-state index contributed by atoms with van der Waals surface area (Å²) in [6, 6.07) is 8.26. The van der Waals surface area contributed by atoms with Gasteiger partial charge >= 0.3 is 5.69 Å². The van der Waals surface area contributed by atoms with Crippen LogP contribution in [-0.4, -0.2) is 10.8 Å². The lowest BCUT2D eigenvalue weighted by Crippen LogP contribution is -2.12. The van der Waals surface area contributed by atoms with Gasteiger partial charge in [-0.05, 0) is 36.8 Å². The van der Waals surface area contributed by atoms with Crippen LogP contribution >= 0.6 is 15.9 Å². The van der Waals surface area contributed by atoms with Gasteiger partial charge in [0.15, 0.2) is 0 Å². The molecule has 0 bridgehead atoms. The standard InChI is InChI=1S/C14H10BrFN2O3/c1-8-2-4-10(7-11(8)15)17-14(19)9-3-5-13(18(20)21)12(16)6-9/h2-7H,1H3,(H,17,19). The Balaban J connectivity index is 2.22. The second-order valence-electron chi connectivity index (χ2n) is 4.34. The van der Waals surface area contributed by atoms with E-state index in [-0.39, 0.29) is 5.56 Å². The molecular weight excluding hydrogens is 343 g/mol. The topological polar surface area (TPSA) is 72.2 Å². The molecule has 108 valence electrons. The predicted molar refractivity (Wildman–Crippen MR) is 79.9 cm³/mol. The molecule has 0 aliphatic carbocycles. The van der Waals surface area contributed by atoms with Gasteiger partial charge in [-0.25, -0.2) is 0 Å². The Kier molecular flexibility index (Phi) is 4.32. The second kappa shape index (κ2) is 6.01. The third kappa shape index (κ3) is 3.43. The van der Waals surface area contributed by atoms with Crippen molar-refractivity contribution in [3.63, 3.8) is 0 Å². The summed E-state index contributed by atoms with van der Waals surface area (Å²) in [5.74, 6) is -1.59. The summed E-state index contributed by atoms with van der Waals surface area (Å²) >= 11 is 3.34. The highest BCUT2D eigenvalue weighted by molar-refractivity contribution is 9.10. The van der Waals surface area contributed by atoms with Crippen molar-refractivity contribution in [2.75, 3.05) is 5.32 Å². The average molecular weight is 353 g/mol. The number of hydrogen-bond acceptors (Lipinski definition) is 3. The maximum atomic E-state index is 13.5. The molecule has 0 saturated heterocycles. The summed E-state index contributed by atoms with van der Waals surface area (Å²) < 4.78 is 14.3. The summed E-state index contributed by atoms with van der Waals surface area (Å²) in [5.41, 5.74) is 0.894. The van der Waals surface area contributed by atoms with Crippen LogP contribution in [0.1, 0.15) is 15.9 Å². The largest absolute Gasteiger partial charge is 0.322 e. The number of anilines is 1. The highest BCUT2D eigenvalue weighted by Gasteiger charge is 2.16. The van der Waals surface area contributed by atoms with Crippen LogP contribution in [0.4, 0.5) is 15.8 Å². The van der Waals surface area contributed by atoms with Crippen LogP contribution in [0.3, 0.4) is 0 Å². The minimum absolute atomic E-state index is 0.00907. The monoisotopic (exact) mass is 352 g/mol. The lowest BCUT2D eigenvalue weighted by atomic mass is 10.1. The molecule has 1 N–H and O–H groups in total. The Morgan fingerprint density at radius 3 is 2.57 bits per heavy atom. The molecule has 1 amide bonds. The quantitative estimate of drug-likeness (QED) is 0.668. The molecule has 21 heavy (non-hydrogen) atoms. The molecule has 0 unspecified atom stereocenters. The van der Waals surface area contributed by atoms with Crippen LogP contribution in [-0.2, 0) is 0 Å². The van der Waals surface area contributed by atoms with Crippen molar-refractivity contribution in [2.45, 2.75) is 6.92 Å². The van der Waals surface area contributed by atoms with Gasteiger partial charge in [0.05, 0.1) is 4.92 Å². The maximum absolute atomic E-state index is 13.5. The van der Waals surface area contributed by atoms with Gasteiger partial charge in [-0.2, -0.15) is 4.39 Å². The van der Waals surface area contributed by atoms with Crippen LogP contribution in [0.25, 0.3) is 0 Å². The first-order valence-corrected chi connectivity index (χ1v) is 6.69. The second-order valence-corrected chi connectivity index (χ2v) is 5.20. The molecule has 0 atom stereocenters. The zero-order valence-electron chi connectivity index (χ0n) is 10.9. The minimum Gasteiger partial charge on any atom is -0.322 e. The Morgan fingerprint density at radius 1 is 1.29 bits per heavy atom. The first kappa shape index (κ1) is 15.1. The van der Waals surface area contributed by atoms with Crippen molar-refractivity contribution in [1.82, 2.24) is 0 Å². The SMILES string of the molecule is Cc1ccc(NC(=O)c2ccc([N+](=O)[O-])c(F)c2)cc1Br. The van der Waals surface area contributed by atoms with E-state index in [4.69, 9.17) is 0 Å². The number of rotatable bonds is 3. The fourth-order valence-corrected chi connectivity index (χ4v) is 2.05. The molecular formula is C14H10BrFN2O3. The average Bonchev–Trinajstić information content (AvgIpc) is 2.42. The fourth-order valence-electron chi connectivity index (χ4n) is 1.67. The molecule has 2 rings (SSSR count). The van der Waals surface area contributed by atoms with Crippen molar-refractivity contribution in [2.24, 2.45) is 0 Å². The molecule has 0 spiro atoms. The minimum atomic E-state index is -1.04. The molecule has 0 fully saturated rings. The van der Waals surface area contributed by atoms with Crippen LogP contribution in [0.15, 0.2) is 40.9 Å². The molecule has 0 saturated carbocycles. The van der Waals surface area contributed by atoms with Crippen LogP contribution in [0, 0.1) is 22.9 Å². The van der Waals surface area contributed by atoms with Crippen molar-refractivity contribution < 1.29 is 14.1 Å². The van der Waals surface area contributed by atoms with E-state index in [0.717, 1.165) is 22.2 Å². The van der Waals surface area contributed by atoms with Crippen molar-refractivity contribution in [3.8, 4) is 0 Å². The zero-order chi connectivity index (χ0) is 15.6. The number of nitrogens with one attached hydrogen (secondary N) is 1. The van der Waals surface area contributed by atoms with E-state index in [2.05, 4.69) is 21.2 Å². The normalized spacial score (nSPS) is 10.2. The van der Waals surface area contributed by atoms with Crippen LogP contribution in [0.2, 0.25) is 0 Å². The van der Waals surface area contributed by atoms with Gasteiger partial charge in [-0.3, -0.25) is 14.9 Å². The molecule has 0 radical (unpaired) electrons. The van der Waals surface area contributed by atoms with E-state index >= 15 is 0 Å².